The van der Waals surface area contributed by atoms with E-state index < -0.39 is 5.82 Å². The molecule has 0 aliphatic heterocycles. The van der Waals surface area contributed by atoms with Crippen LogP contribution < -0.4 is 11.1 Å². The average molecular weight is 294 g/mol. The molecule has 1 atom stereocenters. The Labute approximate surface area is 115 Å². The molecule has 0 amide bonds. The van der Waals surface area contributed by atoms with Crippen molar-refractivity contribution in [3.63, 3.8) is 0 Å². The van der Waals surface area contributed by atoms with E-state index in [9.17, 15) is 4.39 Å². The predicted octanol–water partition coefficient (Wildman–Crippen LogP) is 3.46. The monoisotopic (exact) mass is 293 g/mol. The summed E-state index contributed by atoms with van der Waals surface area (Å²) in [5.74, 6) is -0.526. The topological polar surface area (TPSA) is 70.6 Å². The van der Waals surface area contributed by atoms with Crippen LogP contribution in [-0.4, -0.2) is 17.1 Å². The summed E-state index contributed by atoms with van der Waals surface area (Å²) in [6.45, 7) is 1.94. The number of nitrogens with zero attached hydrogens (tertiary/aromatic N) is 1. The normalized spacial score (nSPS) is 13.4. The van der Waals surface area contributed by atoms with Crippen molar-refractivity contribution in [3.8, 4) is 0 Å². The lowest BCUT2D eigenvalue weighted by Gasteiger charge is -2.18. The fourth-order valence-electron chi connectivity index (χ4n) is 1.47. The molecule has 1 aromatic carbocycles. The molecule has 0 saturated heterocycles. The van der Waals surface area contributed by atoms with Crippen molar-refractivity contribution in [2.45, 2.75) is 25.8 Å². The third kappa shape index (κ3) is 3.92. The van der Waals surface area contributed by atoms with Gasteiger partial charge in [-0.1, -0.05) is 35.3 Å². The first-order chi connectivity index (χ1) is 8.47. The molecule has 1 unspecified atom stereocenters. The van der Waals surface area contributed by atoms with E-state index in [1.807, 2.05) is 6.92 Å². The van der Waals surface area contributed by atoms with E-state index in [4.69, 9.17) is 34.1 Å². The van der Waals surface area contributed by atoms with Gasteiger partial charge in [-0.2, -0.15) is 0 Å². The quantitative estimate of drug-likeness (QED) is 0.256. The number of oxime groups is 1. The lowest BCUT2D eigenvalue weighted by atomic mass is 10.1. The Balaban J connectivity index is 2.82. The Hall–Kier alpha value is -1.20. The van der Waals surface area contributed by atoms with Gasteiger partial charge in [-0.25, -0.2) is 4.39 Å². The van der Waals surface area contributed by atoms with Gasteiger partial charge < -0.3 is 16.3 Å². The van der Waals surface area contributed by atoms with Crippen molar-refractivity contribution >= 4 is 34.7 Å². The lowest BCUT2D eigenvalue weighted by Crippen LogP contribution is -2.26. The van der Waals surface area contributed by atoms with E-state index in [1.165, 1.54) is 12.1 Å². The van der Waals surface area contributed by atoms with Crippen LogP contribution >= 0.6 is 23.2 Å². The van der Waals surface area contributed by atoms with Crippen LogP contribution in [0.4, 0.5) is 10.1 Å². The molecule has 1 aromatic rings. The molecule has 0 aliphatic rings. The van der Waals surface area contributed by atoms with Crippen LogP contribution in [0.3, 0.4) is 0 Å². The first-order valence-corrected chi connectivity index (χ1v) is 6.11. The zero-order chi connectivity index (χ0) is 13.7. The molecule has 0 radical (unpaired) electrons. The molecular weight excluding hydrogens is 280 g/mol. The molecule has 18 heavy (non-hydrogen) atoms. The SMILES string of the molecule is CCC(C/C(N)=N/O)Nc1cc(Cl)c(F)c(Cl)c1. The maximum Gasteiger partial charge on any atom is 0.160 e. The molecule has 0 bridgehead atoms. The molecule has 100 valence electrons. The summed E-state index contributed by atoms with van der Waals surface area (Å²) < 4.78 is 13.2. The Kier molecular flexibility index (Phi) is 5.50. The zero-order valence-electron chi connectivity index (χ0n) is 9.75. The summed E-state index contributed by atoms with van der Waals surface area (Å²) in [6.07, 6.45) is 1.10. The van der Waals surface area contributed by atoms with Crippen molar-refractivity contribution < 1.29 is 9.60 Å². The van der Waals surface area contributed by atoms with E-state index >= 15 is 0 Å². The number of anilines is 1. The minimum atomic E-state index is -0.645. The standard InChI is InChI=1S/C11H14Cl2FN3O/c1-2-6(5-10(15)17-18)16-7-3-8(12)11(14)9(13)4-7/h3-4,6,16,18H,2,5H2,1H3,(H2,15,17). The summed E-state index contributed by atoms with van der Waals surface area (Å²) in [7, 11) is 0. The molecule has 4 nitrogen and oxygen atoms in total. The molecular formula is C11H14Cl2FN3O. The van der Waals surface area contributed by atoms with E-state index in [1.54, 1.807) is 0 Å². The molecule has 1 rings (SSSR count). The average Bonchev–Trinajstić information content (AvgIpc) is 2.34. The van der Waals surface area contributed by atoms with Crippen LogP contribution in [0.2, 0.25) is 10.0 Å². The Bertz CT molecular complexity index is 431. The number of amidine groups is 1. The van der Waals surface area contributed by atoms with Crippen molar-refractivity contribution in [1.82, 2.24) is 0 Å². The van der Waals surface area contributed by atoms with Gasteiger partial charge in [-0.3, -0.25) is 0 Å². The number of hydrogen-bond acceptors (Lipinski definition) is 3. The van der Waals surface area contributed by atoms with Gasteiger partial charge in [-0.15, -0.1) is 0 Å². The first-order valence-electron chi connectivity index (χ1n) is 5.35. The van der Waals surface area contributed by atoms with Crippen LogP contribution in [0.25, 0.3) is 0 Å². The number of hydrogen-bond donors (Lipinski definition) is 3. The van der Waals surface area contributed by atoms with Gasteiger partial charge in [0, 0.05) is 18.2 Å². The minimum absolute atomic E-state index is 0.0522. The van der Waals surface area contributed by atoms with Crippen LogP contribution in [0.5, 0.6) is 0 Å². The Morgan fingerprint density at radius 1 is 1.50 bits per heavy atom. The summed E-state index contributed by atoms with van der Waals surface area (Å²) >= 11 is 11.4. The molecule has 0 heterocycles. The highest BCUT2D eigenvalue weighted by Gasteiger charge is 2.12. The van der Waals surface area contributed by atoms with Crippen LogP contribution in [-0.2, 0) is 0 Å². The van der Waals surface area contributed by atoms with Gasteiger partial charge in [0.25, 0.3) is 0 Å². The highest BCUT2D eigenvalue weighted by atomic mass is 35.5. The summed E-state index contributed by atoms with van der Waals surface area (Å²) in [4.78, 5) is 0. The van der Waals surface area contributed by atoms with Gasteiger partial charge in [0.2, 0.25) is 0 Å². The number of nitrogens with two attached hydrogens (primary N) is 1. The largest absolute Gasteiger partial charge is 0.409 e. The molecule has 0 saturated carbocycles. The number of rotatable bonds is 5. The maximum atomic E-state index is 13.2. The Morgan fingerprint density at radius 3 is 2.50 bits per heavy atom. The maximum absolute atomic E-state index is 13.2. The second kappa shape index (κ2) is 6.66. The van der Waals surface area contributed by atoms with Gasteiger partial charge in [-0.05, 0) is 18.6 Å². The van der Waals surface area contributed by atoms with Crippen molar-refractivity contribution in [2.24, 2.45) is 10.9 Å². The van der Waals surface area contributed by atoms with Crippen molar-refractivity contribution in [1.29, 1.82) is 0 Å². The van der Waals surface area contributed by atoms with Gasteiger partial charge >= 0.3 is 0 Å². The molecule has 0 aliphatic carbocycles. The number of nitrogens with one attached hydrogen (secondary N) is 1. The number of halogens is 3. The highest BCUT2D eigenvalue weighted by molar-refractivity contribution is 6.35. The van der Waals surface area contributed by atoms with Crippen LogP contribution in [0.1, 0.15) is 19.8 Å². The third-order valence-corrected chi connectivity index (χ3v) is 2.98. The van der Waals surface area contributed by atoms with Crippen LogP contribution in [0, 0.1) is 5.82 Å². The minimum Gasteiger partial charge on any atom is -0.409 e. The lowest BCUT2D eigenvalue weighted by molar-refractivity contribution is 0.316. The first kappa shape index (κ1) is 14.9. The fourth-order valence-corrected chi connectivity index (χ4v) is 1.95. The third-order valence-electron chi connectivity index (χ3n) is 2.43. The van der Waals surface area contributed by atoms with Crippen molar-refractivity contribution in [3.05, 3.63) is 28.0 Å². The van der Waals surface area contributed by atoms with E-state index in [-0.39, 0.29) is 21.9 Å². The smallest absolute Gasteiger partial charge is 0.160 e. The van der Waals surface area contributed by atoms with E-state index in [0.29, 0.717) is 12.1 Å². The van der Waals surface area contributed by atoms with Crippen molar-refractivity contribution in [2.75, 3.05) is 5.32 Å². The zero-order valence-corrected chi connectivity index (χ0v) is 11.3. The molecule has 7 heteroatoms. The molecule has 0 spiro atoms. The molecule has 0 aromatic heterocycles. The summed E-state index contributed by atoms with van der Waals surface area (Å²) in [6, 6.07) is 2.83. The van der Waals surface area contributed by atoms with E-state index in [2.05, 4.69) is 10.5 Å². The highest BCUT2D eigenvalue weighted by Crippen LogP contribution is 2.28. The van der Waals surface area contributed by atoms with E-state index in [0.717, 1.165) is 6.42 Å². The predicted molar refractivity (Wildman–Crippen MR) is 72.1 cm³/mol. The second-order valence-electron chi connectivity index (χ2n) is 3.80. The summed E-state index contributed by atoms with van der Waals surface area (Å²) in [5.41, 5.74) is 6.02. The second-order valence-corrected chi connectivity index (χ2v) is 4.61. The van der Waals surface area contributed by atoms with Gasteiger partial charge in [0.15, 0.2) is 5.82 Å². The van der Waals surface area contributed by atoms with Crippen LogP contribution in [0.15, 0.2) is 17.3 Å². The molecule has 4 N–H and O–H groups in total. The Morgan fingerprint density at radius 2 is 2.06 bits per heavy atom. The molecule has 0 fully saturated rings. The summed E-state index contributed by atoms with van der Waals surface area (Å²) in [5, 5.41) is 14.4. The van der Waals surface area contributed by atoms with Gasteiger partial charge in [0.1, 0.15) is 5.84 Å². The number of benzene rings is 1. The van der Waals surface area contributed by atoms with Gasteiger partial charge in [0.05, 0.1) is 10.0 Å². The fraction of sp³-hybridized carbons (Fsp3) is 0.364.